The summed E-state index contributed by atoms with van der Waals surface area (Å²) in [6, 6.07) is 11.4. The summed E-state index contributed by atoms with van der Waals surface area (Å²) < 4.78 is 6.84. The second-order valence-corrected chi connectivity index (χ2v) is 6.40. The van der Waals surface area contributed by atoms with Crippen LogP contribution in [0.3, 0.4) is 0 Å². The fraction of sp³-hybridized carbons (Fsp3) is 0.222. The Bertz CT molecular complexity index is 875. The number of aromatic nitrogens is 2. The van der Waals surface area contributed by atoms with Crippen LogP contribution in [0.5, 0.6) is 0 Å². The molecule has 0 aliphatic heterocycles. The zero-order valence-electron chi connectivity index (χ0n) is 13.4. The number of pyridine rings is 1. The number of nitrogen functional groups attached to an aromatic ring is 1. The summed E-state index contributed by atoms with van der Waals surface area (Å²) in [5, 5.41) is 2.09. The van der Waals surface area contributed by atoms with Crippen LogP contribution in [0.1, 0.15) is 20.8 Å². The maximum absolute atomic E-state index is 12.5. The molecule has 0 radical (unpaired) electrons. The molecule has 2 N–H and O–H groups in total. The van der Waals surface area contributed by atoms with Crippen LogP contribution < -0.4 is 5.73 Å². The zero-order chi connectivity index (χ0) is 16.6. The van der Waals surface area contributed by atoms with E-state index in [0.29, 0.717) is 11.5 Å². The quantitative estimate of drug-likeness (QED) is 0.735. The number of rotatable bonds is 1. The molecule has 0 saturated heterocycles. The highest BCUT2D eigenvalue weighted by Crippen LogP contribution is 2.28. The molecule has 0 aliphatic rings. The minimum absolute atomic E-state index is 0.351. The molecule has 2 heterocycles. The predicted octanol–water partition coefficient (Wildman–Crippen LogP) is 4.07. The van der Waals surface area contributed by atoms with Crippen LogP contribution >= 0.6 is 0 Å². The van der Waals surface area contributed by atoms with E-state index in [1.54, 1.807) is 18.5 Å². The Hall–Kier alpha value is -2.82. The van der Waals surface area contributed by atoms with Gasteiger partial charge in [0.15, 0.2) is 0 Å². The number of hydrogen-bond acceptors (Lipinski definition) is 4. The van der Waals surface area contributed by atoms with Crippen LogP contribution in [0.25, 0.3) is 22.0 Å². The Balaban J connectivity index is 2.07. The lowest BCUT2D eigenvalue weighted by molar-refractivity contribution is 0.0544. The standard InChI is InChI=1S/C18H19N3O2/c1-18(2,3)23-17(22)21-15(6-7-16(21)19)13-4-5-14-11-20-9-8-12(14)10-13/h4-11H,19H2,1-3H3. The smallest absolute Gasteiger partial charge is 0.420 e. The highest BCUT2D eigenvalue weighted by molar-refractivity contribution is 5.89. The number of benzene rings is 1. The van der Waals surface area contributed by atoms with Crippen molar-refractivity contribution >= 4 is 22.7 Å². The molecule has 23 heavy (non-hydrogen) atoms. The molecule has 0 aliphatic carbocycles. The summed E-state index contributed by atoms with van der Waals surface area (Å²) in [5.41, 5.74) is 6.98. The van der Waals surface area contributed by atoms with Gasteiger partial charge in [-0.15, -0.1) is 0 Å². The average Bonchev–Trinajstić information content (AvgIpc) is 2.87. The maximum atomic E-state index is 12.5. The SMILES string of the molecule is CC(C)(C)OC(=O)n1c(N)ccc1-c1ccc2cnccc2c1. The first kappa shape index (κ1) is 15.1. The van der Waals surface area contributed by atoms with E-state index in [2.05, 4.69) is 4.98 Å². The largest absolute Gasteiger partial charge is 0.443 e. The Morgan fingerprint density at radius 1 is 1.13 bits per heavy atom. The number of ether oxygens (including phenoxy) is 1. The second kappa shape index (κ2) is 5.43. The molecule has 2 aromatic heterocycles. The van der Waals surface area contributed by atoms with E-state index in [0.717, 1.165) is 16.3 Å². The number of hydrogen-bond donors (Lipinski definition) is 1. The van der Waals surface area contributed by atoms with Gasteiger partial charge >= 0.3 is 6.09 Å². The van der Waals surface area contributed by atoms with Gasteiger partial charge in [0.2, 0.25) is 0 Å². The molecule has 0 bridgehead atoms. The highest BCUT2D eigenvalue weighted by atomic mass is 16.6. The molecule has 0 atom stereocenters. The van der Waals surface area contributed by atoms with E-state index >= 15 is 0 Å². The first-order valence-corrected chi connectivity index (χ1v) is 7.40. The van der Waals surface area contributed by atoms with Gasteiger partial charge < -0.3 is 10.5 Å². The van der Waals surface area contributed by atoms with E-state index in [4.69, 9.17) is 10.5 Å². The Labute approximate surface area is 134 Å². The van der Waals surface area contributed by atoms with Crippen molar-refractivity contribution in [3.8, 4) is 11.3 Å². The van der Waals surface area contributed by atoms with Gasteiger partial charge in [-0.25, -0.2) is 9.36 Å². The molecule has 5 heteroatoms. The molecule has 3 aromatic rings. The molecule has 118 valence electrons. The average molecular weight is 309 g/mol. The van der Waals surface area contributed by atoms with Crippen molar-refractivity contribution in [1.29, 1.82) is 0 Å². The third-order valence-electron chi connectivity index (χ3n) is 3.42. The lowest BCUT2D eigenvalue weighted by atomic mass is 10.1. The Morgan fingerprint density at radius 2 is 1.91 bits per heavy atom. The third-order valence-corrected chi connectivity index (χ3v) is 3.42. The lowest BCUT2D eigenvalue weighted by Gasteiger charge is -2.21. The first-order chi connectivity index (χ1) is 10.8. The third kappa shape index (κ3) is 3.04. The number of carbonyl (C=O) groups is 1. The summed E-state index contributed by atoms with van der Waals surface area (Å²) in [7, 11) is 0. The highest BCUT2D eigenvalue weighted by Gasteiger charge is 2.22. The van der Waals surface area contributed by atoms with Gasteiger partial charge in [-0.1, -0.05) is 12.1 Å². The molecule has 5 nitrogen and oxygen atoms in total. The molecule has 0 saturated carbocycles. The summed E-state index contributed by atoms with van der Waals surface area (Å²) in [6.45, 7) is 5.48. The van der Waals surface area contributed by atoms with E-state index in [-0.39, 0.29) is 0 Å². The fourth-order valence-corrected chi connectivity index (χ4v) is 2.43. The van der Waals surface area contributed by atoms with Crippen LogP contribution in [0.2, 0.25) is 0 Å². The second-order valence-electron chi connectivity index (χ2n) is 6.40. The van der Waals surface area contributed by atoms with Crippen LogP contribution in [0.4, 0.5) is 10.6 Å². The van der Waals surface area contributed by atoms with Gasteiger partial charge in [-0.2, -0.15) is 0 Å². The normalized spacial score (nSPS) is 11.6. The van der Waals surface area contributed by atoms with E-state index < -0.39 is 11.7 Å². The van der Waals surface area contributed by atoms with E-state index in [9.17, 15) is 4.79 Å². The lowest BCUT2D eigenvalue weighted by Crippen LogP contribution is -2.28. The number of nitrogens with zero attached hydrogens (tertiary/aromatic N) is 2. The van der Waals surface area contributed by atoms with Crippen molar-refractivity contribution in [2.24, 2.45) is 0 Å². The predicted molar refractivity (Wildman–Crippen MR) is 91.2 cm³/mol. The van der Waals surface area contributed by atoms with Gasteiger partial charge in [0.25, 0.3) is 0 Å². The summed E-state index contributed by atoms with van der Waals surface area (Å²) >= 11 is 0. The summed E-state index contributed by atoms with van der Waals surface area (Å²) in [6.07, 6.45) is 3.07. The van der Waals surface area contributed by atoms with Crippen molar-refractivity contribution in [3.63, 3.8) is 0 Å². The molecular formula is C18H19N3O2. The fourth-order valence-electron chi connectivity index (χ4n) is 2.43. The van der Waals surface area contributed by atoms with Gasteiger partial charge in [-0.3, -0.25) is 4.98 Å². The number of fused-ring (bicyclic) bond motifs is 1. The molecule has 0 unspecified atom stereocenters. The summed E-state index contributed by atoms with van der Waals surface area (Å²) in [4.78, 5) is 16.6. The van der Waals surface area contributed by atoms with Gasteiger partial charge in [0.05, 0.1) is 5.69 Å². The molecule has 0 amide bonds. The minimum Gasteiger partial charge on any atom is -0.443 e. The van der Waals surface area contributed by atoms with Crippen molar-refractivity contribution in [3.05, 3.63) is 48.8 Å². The molecule has 1 aromatic carbocycles. The Kier molecular flexibility index (Phi) is 3.56. The zero-order valence-corrected chi connectivity index (χ0v) is 13.4. The summed E-state index contributed by atoms with van der Waals surface area (Å²) in [5.74, 6) is 0.351. The van der Waals surface area contributed by atoms with Crippen LogP contribution in [-0.4, -0.2) is 21.2 Å². The number of nitrogens with two attached hydrogens (primary N) is 1. The monoisotopic (exact) mass is 309 g/mol. The van der Waals surface area contributed by atoms with Crippen LogP contribution in [0.15, 0.2) is 48.8 Å². The van der Waals surface area contributed by atoms with Crippen molar-refractivity contribution in [2.75, 3.05) is 5.73 Å². The van der Waals surface area contributed by atoms with E-state index in [1.807, 2.05) is 51.1 Å². The minimum atomic E-state index is -0.583. The maximum Gasteiger partial charge on any atom is 0.420 e. The van der Waals surface area contributed by atoms with Crippen molar-refractivity contribution in [2.45, 2.75) is 26.4 Å². The van der Waals surface area contributed by atoms with Gasteiger partial charge in [-0.05, 0) is 56.0 Å². The van der Waals surface area contributed by atoms with Crippen LogP contribution in [0, 0.1) is 0 Å². The van der Waals surface area contributed by atoms with Gasteiger partial charge in [0, 0.05) is 17.8 Å². The van der Waals surface area contributed by atoms with E-state index in [1.165, 1.54) is 4.57 Å². The topological polar surface area (TPSA) is 70.1 Å². The molecule has 0 fully saturated rings. The first-order valence-electron chi connectivity index (χ1n) is 7.40. The Morgan fingerprint density at radius 3 is 2.65 bits per heavy atom. The number of carbonyl (C=O) groups excluding carboxylic acids is 1. The molecule has 0 spiro atoms. The van der Waals surface area contributed by atoms with Gasteiger partial charge in [0.1, 0.15) is 11.4 Å². The van der Waals surface area contributed by atoms with Crippen LogP contribution in [-0.2, 0) is 4.74 Å². The van der Waals surface area contributed by atoms with Crippen molar-refractivity contribution in [1.82, 2.24) is 9.55 Å². The molecular weight excluding hydrogens is 290 g/mol. The molecule has 3 rings (SSSR count). The van der Waals surface area contributed by atoms with Crippen molar-refractivity contribution < 1.29 is 9.53 Å². The number of anilines is 1.